The number of benzene rings is 1. The second-order valence-electron chi connectivity index (χ2n) is 8.11. The summed E-state index contributed by atoms with van der Waals surface area (Å²) < 4.78 is 23.0. The van der Waals surface area contributed by atoms with E-state index >= 15 is 0 Å². The van der Waals surface area contributed by atoms with E-state index in [2.05, 4.69) is 20.3 Å². The number of ether oxygens (including phenoxy) is 1. The zero-order valence-electron chi connectivity index (χ0n) is 15.6. The fourth-order valence-electron chi connectivity index (χ4n) is 2.45. The van der Waals surface area contributed by atoms with Crippen molar-refractivity contribution in [2.75, 3.05) is 11.4 Å². The third-order valence-corrected chi connectivity index (χ3v) is 5.62. The van der Waals surface area contributed by atoms with E-state index < -0.39 is 20.9 Å². The predicted octanol–water partition coefficient (Wildman–Crippen LogP) is 5.58. The van der Waals surface area contributed by atoms with Gasteiger partial charge >= 0.3 is 6.09 Å². The average molecular weight is 430 g/mol. The van der Waals surface area contributed by atoms with Crippen LogP contribution >= 0.6 is 15.9 Å². The molecule has 0 N–H and O–H groups in total. The van der Waals surface area contributed by atoms with Gasteiger partial charge in [0.15, 0.2) is 0 Å². The van der Waals surface area contributed by atoms with Crippen molar-refractivity contribution in [1.29, 1.82) is 0 Å². The van der Waals surface area contributed by atoms with Crippen molar-refractivity contribution in [2.24, 2.45) is 4.36 Å². The largest absolute Gasteiger partial charge is 0.444 e. The van der Waals surface area contributed by atoms with Crippen molar-refractivity contribution >= 4 is 38.3 Å². The first-order valence-electron chi connectivity index (χ1n) is 8.31. The molecule has 1 aliphatic heterocycles. The maximum absolute atomic E-state index is 12.6. The minimum atomic E-state index is -1.31. The Morgan fingerprint density at radius 2 is 1.92 bits per heavy atom. The molecule has 7 heteroatoms. The van der Waals surface area contributed by atoms with E-state index in [9.17, 15) is 9.00 Å². The molecule has 1 amide bonds. The van der Waals surface area contributed by atoms with Crippen molar-refractivity contribution in [3.05, 3.63) is 28.2 Å². The molecule has 140 valence electrons. The highest BCUT2D eigenvalue weighted by molar-refractivity contribution is 9.10. The summed E-state index contributed by atoms with van der Waals surface area (Å²) in [5, 5.41) is 0. The Bertz CT molecular complexity index is 744. The van der Waals surface area contributed by atoms with Gasteiger partial charge in [0, 0.05) is 11.0 Å². The highest BCUT2D eigenvalue weighted by atomic mass is 79.9. The lowest BCUT2D eigenvalue weighted by Gasteiger charge is -2.36. The predicted molar refractivity (Wildman–Crippen MR) is 105 cm³/mol. The van der Waals surface area contributed by atoms with Crippen LogP contribution in [0.3, 0.4) is 0 Å². The van der Waals surface area contributed by atoms with Crippen molar-refractivity contribution in [1.82, 2.24) is 0 Å². The molecule has 1 atom stereocenters. The lowest BCUT2D eigenvalue weighted by molar-refractivity contribution is 0.0576. The van der Waals surface area contributed by atoms with Gasteiger partial charge in [0.05, 0.1) is 11.7 Å². The van der Waals surface area contributed by atoms with Gasteiger partial charge in [0.2, 0.25) is 0 Å². The molecule has 2 rings (SSSR count). The Morgan fingerprint density at radius 1 is 1.28 bits per heavy atom. The fourth-order valence-corrected chi connectivity index (χ4v) is 3.56. The first kappa shape index (κ1) is 20.2. The maximum atomic E-state index is 12.6. The van der Waals surface area contributed by atoms with Gasteiger partial charge in [-0.15, -0.1) is 0 Å². The molecule has 0 aliphatic carbocycles. The number of hydrogen-bond acceptors (Lipinski definition) is 5. The van der Waals surface area contributed by atoms with E-state index in [-0.39, 0.29) is 12.1 Å². The molecule has 0 saturated heterocycles. The summed E-state index contributed by atoms with van der Waals surface area (Å²) in [5.74, 6) is 0. The number of halogens is 1. The molecule has 0 spiro atoms. The summed E-state index contributed by atoms with van der Waals surface area (Å²) in [6.07, 6.45) is 0.248. The van der Waals surface area contributed by atoms with E-state index in [0.717, 1.165) is 15.7 Å². The van der Waals surface area contributed by atoms with Gasteiger partial charge < -0.3 is 13.3 Å². The van der Waals surface area contributed by atoms with Crippen LogP contribution in [0.4, 0.5) is 10.5 Å². The molecule has 0 radical (unpaired) electrons. The van der Waals surface area contributed by atoms with Crippen LogP contribution in [0.2, 0.25) is 0 Å². The molecule has 1 aromatic carbocycles. The smallest absolute Gasteiger partial charge is 0.414 e. The fraction of sp³-hybridized carbons (Fsp3) is 0.611. The SMILES string of the molecule is CC(C)(C)OC(=O)N1CCC(N=[S-](=O)C(C)(C)C)c2ccc(Br)cc21. The number of fused-ring (bicyclic) bond motifs is 1. The Hall–Kier alpha value is -1.08. The number of hydrogen-bond donors (Lipinski definition) is 0. The molecule has 0 fully saturated rings. The van der Waals surface area contributed by atoms with Gasteiger partial charge in [-0.05, 0) is 44.9 Å². The van der Waals surface area contributed by atoms with Gasteiger partial charge in [0.25, 0.3) is 0 Å². The lowest BCUT2D eigenvalue weighted by atomic mass is 9.97. The summed E-state index contributed by atoms with van der Waals surface area (Å²) in [6, 6.07) is 5.55. The zero-order valence-corrected chi connectivity index (χ0v) is 18.0. The average Bonchev–Trinajstić information content (AvgIpc) is 2.44. The second kappa shape index (κ2) is 7.27. The molecule has 25 heavy (non-hydrogen) atoms. The van der Waals surface area contributed by atoms with Crippen LogP contribution < -0.4 is 4.90 Å². The van der Waals surface area contributed by atoms with Gasteiger partial charge in [-0.25, -0.2) is 4.79 Å². The van der Waals surface area contributed by atoms with Gasteiger partial charge in [-0.3, -0.25) is 4.90 Å². The highest BCUT2D eigenvalue weighted by Crippen LogP contribution is 2.39. The molecule has 1 unspecified atom stereocenters. The first-order chi connectivity index (χ1) is 11.4. The molecule has 1 aromatic rings. The van der Waals surface area contributed by atoms with Crippen LogP contribution in [0.25, 0.3) is 0 Å². The number of anilines is 1. The molecule has 5 nitrogen and oxygen atoms in total. The quantitative estimate of drug-likeness (QED) is 0.547. The Labute approximate surface area is 160 Å². The van der Waals surface area contributed by atoms with E-state index in [1.807, 2.05) is 59.7 Å². The summed E-state index contributed by atoms with van der Waals surface area (Å²) in [6.45, 7) is 11.7. The summed E-state index contributed by atoms with van der Waals surface area (Å²) >= 11 is 3.46. The maximum Gasteiger partial charge on any atom is 0.414 e. The van der Waals surface area contributed by atoms with Crippen LogP contribution in [0.5, 0.6) is 0 Å². The van der Waals surface area contributed by atoms with E-state index in [0.29, 0.717) is 13.0 Å². The first-order valence-corrected chi connectivity index (χ1v) is 10.2. The minimum Gasteiger partial charge on any atom is -0.444 e. The summed E-state index contributed by atoms with van der Waals surface area (Å²) in [4.78, 5) is 14.2. The van der Waals surface area contributed by atoms with Crippen LogP contribution in [-0.2, 0) is 19.5 Å². The van der Waals surface area contributed by atoms with Gasteiger partial charge in [-0.1, -0.05) is 47.5 Å². The summed E-state index contributed by atoms with van der Waals surface area (Å²) in [7, 11) is -1.31. The molecule has 0 aromatic heterocycles. The third-order valence-electron chi connectivity index (χ3n) is 3.63. The van der Waals surface area contributed by atoms with Crippen LogP contribution in [-0.4, -0.2) is 23.0 Å². The molecule has 0 saturated carbocycles. The topological polar surface area (TPSA) is 59.0 Å². The summed E-state index contributed by atoms with van der Waals surface area (Å²) in [5.41, 5.74) is 1.10. The van der Waals surface area contributed by atoms with Crippen molar-refractivity contribution in [3.63, 3.8) is 0 Å². The molecular weight excluding hydrogens is 404 g/mol. The number of carbonyl (C=O) groups excluding carboxylic acids is 1. The standard InChI is InChI=1S/C18H26BrN2O3S/c1-17(2,3)24-16(22)21-10-9-14(20-25(23)18(4,5)6)13-8-7-12(19)11-15(13)21/h7-8,11,14H,9-10H2,1-6H3/q-1. The van der Waals surface area contributed by atoms with Crippen molar-refractivity contribution in [2.45, 2.75) is 64.4 Å². The van der Waals surface area contributed by atoms with Crippen LogP contribution in [0.15, 0.2) is 27.0 Å². The monoisotopic (exact) mass is 429 g/mol. The van der Waals surface area contributed by atoms with E-state index in [4.69, 9.17) is 4.74 Å². The van der Waals surface area contributed by atoms with Gasteiger partial charge in [-0.2, -0.15) is 10.6 Å². The Kier molecular flexibility index (Phi) is 5.88. The van der Waals surface area contributed by atoms with Crippen LogP contribution in [0, 0.1) is 0 Å². The molecule has 1 aliphatic rings. The Balaban J connectivity index is 2.42. The van der Waals surface area contributed by atoms with E-state index in [1.54, 1.807) is 4.90 Å². The van der Waals surface area contributed by atoms with Crippen LogP contribution in [0.1, 0.15) is 59.6 Å². The highest BCUT2D eigenvalue weighted by Gasteiger charge is 2.31. The number of amides is 1. The normalized spacial score (nSPS) is 19.5. The molecular formula is C18H26BrN2O3S-. The number of rotatable bonds is 1. The Morgan fingerprint density at radius 3 is 2.48 bits per heavy atom. The van der Waals surface area contributed by atoms with Gasteiger partial charge in [0.1, 0.15) is 5.60 Å². The molecule has 0 bridgehead atoms. The van der Waals surface area contributed by atoms with Crippen molar-refractivity contribution < 1.29 is 13.7 Å². The lowest BCUT2D eigenvalue weighted by Crippen LogP contribution is -2.40. The van der Waals surface area contributed by atoms with E-state index in [1.165, 1.54) is 0 Å². The number of nitrogens with zero attached hydrogens (tertiary/aromatic N) is 2. The third kappa shape index (κ3) is 5.20. The second-order valence-corrected chi connectivity index (χ2v) is 11.0. The zero-order chi connectivity index (χ0) is 19.0. The molecule has 1 heterocycles. The number of carbonyl (C=O) groups is 1. The van der Waals surface area contributed by atoms with Crippen molar-refractivity contribution in [3.8, 4) is 0 Å². The minimum absolute atomic E-state index is 0.193.